The molecule has 4 heteroatoms. The molecular weight excluding hydrogens is 256 g/mol. The van der Waals surface area contributed by atoms with Crippen LogP contribution in [0.3, 0.4) is 0 Å². The van der Waals surface area contributed by atoms with Crippen LogP contribution in [-0.4, -0.2) is 28.6 Å². The molecule has 0 amide bonds. The van der Waals surface area contributed by atoms with Gasteiger partial charge >= 0.3 is 8.80 Å². The Bertz CT molecular complexity index is 351. The van der Waals surface area contributed by atoms with Gasteiger partial charge in [0.2, 0.25) is 0 Å². The van der Waals surface area contributed by atoms with Crippen molar-refractivity contribution in [2.45, 2.75) is 40.5 Å². The summed E-state index contributed by atoms with van der Waals surface area (Å²) in [4.78, 5) is 0. The average Bonchev–Trinajstić information content (AvgIpc) is 2.40. The number of hydrogen-bond acceptors (Lipinski definition) is 3. The maximum atomic E-state index is 5.92. The first kappa shape index (κ1) is 16.4. The Morgan fingerprint density at radius 1 is 0.895 bits per heavy atom. The van der Waals surface area contributed by atoms with Crippen LogP contribution in [0.15, 0.2) is 24.3 Å². The van der Waals surface area contributed by atoms with Gasteiger partial charge in [-0.25, -0.2) is 0 Å². The van der Waals surface area contributed by atoms with Crippen LogP contribution in [0.5, 0.6) is 0 Å². The SMILES string of the molecule is CCCc1cccc([Si](OCC)(OCC)OCC)c1. The van der Waals surface area contributed by atoms with Gasteiger partial charge in [-0.2, -0.15) is 0 Å². The molecule has 0 saturated carbocycles. The van der Waals surface area contributed by atoms with E-state index in [1.165, 1.54) is 5.56 Å². The van der Waals surface area contributed by atoms with Gasteiger partial charge in [-0.3, -0.25) is 0 Å². The van der Waals surface area contributed by atoms with E-state index in [1.807, 2.05) is 20.8 Å². The van der Waals surface area contributed by atoms with Crippen LogP contribution < -0.4 is 5.19 Å². The topological polar surface area (TPSA) is 27.7 Å². The molecule has 1 aromatic carbocycles. The molecule has 0 aliphatic rings. The lowest BCUT2D eigenvalue weighted by molar-refractivity contribution is 0.0859. The Labute approximate surface area is 118 Å². The molecule has 0 aliphatic carbocycles. The largest absolute Gasteiger partial charge is 0.537 e. The Morgan fingerprint density at radius 2 is 1.47 bits per heavy atom. The predicted octanol–water partition coefficient (Wildman–Crippen LogP) is 2.89. The third kappa shape index (κ3) is 4.42. The van der Waals surface area contributed by atoms with Crippen molar-refractivity contribution in [3.05, 3.63) is 29.8 Å². The molecule has 3 nitrogen and oxygen atoms in total. The number of benzene rings is 1. The highest BCUT2D eigenvalue weighted by atomic mass is 28.4. The van der Waals surface area contributed by atoms with Crippen LogP contribution in [0.25, 0.3) is 0 Å². The van der Waals surface area contributed by atoms with E-state index in [-0.39, 0.29) is 0 Å². The van der Waals surface area contributed by atoms with Gasteiger partial charge in [-0.15, -0.1) is 0 Å². The van der Waals surface area contributed by atoms with Crippen LogP contribution in [0.1, 0.15) is 39.7 Å². The van der Waals surface area contributed by atoms with Crippen LogP contribution in [0, 0.1) is 0 Å². The second-order valence-corrected chi connectivity index (χ2v) is 6.86. The molecule has 0 fully saturated rings. The summed E-state index contributed by atoms with van der Waals surface area (Å²) in [7, 11) is -2.73. The quantitative estimate of drug-likeness (QED) is 0.652. The van der Waals surface area contributed by atoms with Crippen molar-refractivity contribution in [2.75, 3.05) is 19.8 Å². The molecule has 0 atom stereocenters. The van der Waals surface area contributed by atoms with Gasteiger partial charge in [0.1, 0.15) is 0 Å². The fourth-order valence-electron chi connectivity index (χ4n) is 2.15. The van der Waals surface area contributed by atoms with Crippen LogP contribution in [0.4, 0.5) is 0 Å². The molecule has 1 rings (SSSR count). The first-order valence-electron chi connectivity index (χ1n) is 7.23. The summed E-state index contributed by atoms with van der Waals surface area (Å²) < 4.78 is 17.8. The van der Waals surface area contributed by atoms with Crippen LogP contribution in [-0.2, 0) is 19.7 Å². The number of rotatable bonds is 9. The first-order chi connectivity index (χ1) is 9.22. The van der Waals surface area contributed by atoms with Crippen molar-refractivity contribution in [3.8, 4) is 0 Å². The Morgan fingerprint density at radius 3 is 1.95 bits per heavy atom. The minimum Gasteiger partial charge on any atom is -0.370 e. The highest BCUT2D eigenvalue weighted by Crippen LogP contribution is 2.13. The van der Waals surface area contributed by atoms with Gasteiger partial charge in [0.15, 0.2) is 0 Å². The molecule has 19 heavy (non-hydrogen) atoms. The van der Waals surface area contributed by atoms with Gasteiger partial charge in [0, 0.05) is 25.0 Å². The third-order valence-corrected chi connectivity index (χ3v) is 5.85. The first-order valence-corrected chi connectivity index (χ1v) is 8.96. The molecular formula is C15H26O3Si. The fourth-order valence-corrected chi connectivity index (χ4v) is 4.70. The maximum absolute atomic E-state index is 5.92. The zero-order valence-corrected chi connectivity index (χ0v) is 13.6. The highest BCUT2D eigenvalue weighted by Gasteiger charge is 2.43. The molecule has 0 spiro atoms. The molecule has 0 unspecified atom stereocenters. The smallest absolute Gasteiger partial charge is 0.370 e. The van der Waals surface area contributed by atoms with Gasteiger partial charge in [0.25, 0.3) is 0 Å². The molecule has 0 aromatic heterocycles. The standard InChI is InChI=1S/C15H26O3Si/c1-5-10-14-11-9-12-15(13-14)19(16-6-2,17-7-3)18-8-4/h9,11-13H,5-8,10H2,1-4H3. The van der Waals surface area contributed by atoms with E-state index >= 15 is 0 Å². The number of aryl methyl sites for hydroxylation is 1. The monoisotopic (exact) mass is 282 g/mol. The zero-order valence-electron chi connectivity index (χ0n) is 12.6. The van der Waals surface area contributed by atoms with Crippen molar-refractivity contribution in [3.63, 3.8) is 0 Å². The Balaban J connectivity index is 3.09. The number of hydrogen-bond donors (Lipinski definition) is 0. The lowest BCUT2D eigenvalue weighted by atomic mass is 10.1. The van der Waals surface area contributed by atoms with Gasteiger partial charge in [-0.05, 0) is 32.8 Å². The van der Waals surface area contributed by atoms with Crippen LogP contribution in [0.2, 0.25) is 0 Å². The summed E-state index contributed by atoms with van der Waals surface area (Å²) in [6.07, 6.45) is 2.21. The maximum Gasteiger partial charge on any atom is 0.537 e. The molecule has 0 radical (unpaired) electrons. The second kappa shape index (κ2) is 8.48. The van der Waals surface area contributed by atoms with Crippen LogP contribution >= 0.6 is 0 Å². The summed E-state index contributed by atoms with van der Waals surface area (Å²) >= 11 is 0. The molecule has 108 valence electrons. The average molecular weight is 282 g/mol. The third-order valence-electron chi connectivity index (χ3n) is 2.82. The Hall–Kier alpha value is -0.683. The van der Waals surface area contributed by atoms with E-state index in [0.717, 1.165) is 18.0 Å². The highest BCUT2D eigenvalue weighted by molar-refractivity contribution is 6.75. The van der Waals surface area contributed by atoms with Crippen molar-refractivity contribution < 1.29 is 13.3 Å². The summed E-state index contributed by atoms with van der Waals surface area (Å²) in [5.74, 6) is 0. The minimum atomic E-state index is -2.73. The van der Waals surface area contributed by atoms with E-state index in [0.29, 0.717) is 19.8 Å². The molecule has 0 heterocycles. The van der Waals surface area contributed by atoms with Crippen molar-refractivity contribution >= 4 is 14.0 Å². The fraction of sp³-hybridized carbons (Fsp3) is 0.600. The van der Waals surface area contributed by atoms with E-state index in [1.54, 1.807) is 0 Å². The van der Waals surface area contributed by atoms with Crippen molar-refractivity contribution in [2.24, 2.45) is 0 Å². The summed E-state index contributed by atoms with van der Waals surface area (Å²) in [5.41, 5.74) is 1.32. The summed E-state index contributed by atoms with van der Waals surface area (Å²) in [6.45, 7) is 9.94. The van der Waals surface area contributed by atoms with E-state index < -0.39 is 8.80 Å². The zero-order chi connectivity index (χ0) is 14.1. The van der Waals surface area contributed by atoms with E-state index in [9.17, 15) is 0 Å². The predicted molar refractivity (Wildman–Crippen MR) is 80.7 cm³/mol. The lowest BCUT2D eigenvalue weighted by Gasteiger charge is -2.28. The molecule has 1 aromatic rings. The molecule has 0 saturated heterocycles. The lowest BCUT2D eigenvalue weighted by Crippen LogP contribution is -2.57. The van der Waals surface area contributed by atoms with Gasteiger partial charge in [0.05, 0.1) is 0 Å². The second-order valence-electron chi connectivity index (χ2n) is 4.31. The summed E-state index contributed by atoms with van der Waals surface area (Å²) in [6, 6.07) is 8.46. The van der Waals surface area contributed by atoms with E-state index in [4.69, 9.17) is 13.3 Å². The van der Waals surface area contributed by atoms with Gasteiger partial charge in [-0.1, -0.05) is 37.6 Å². The normalized spacial score (nSPS) is 11.8. The van der Waals surface area contributed by atoms with Gasteiger partial charge < -0.3 is 13.3 Å². The molecule has 0 N–H and O–H groups in total. The molecule has 0 aliphatic heterocycles. The Kier molecular flexibility index (Phi) is 7.31. The van der Waals surface area contributed by atoms with Crippen molar-refractivity contribution in [1.82, 2.24) is 0 Å². The minimum absolute atomic E-state index is 0.601. The molecule has 0 bridgehead atoms. The summed E-state index contributed by atoms with van der Waals surface area (Å²) in [5, 5.41) is 1.07. The van der Waals surface area contributed by atoms with E-state index in [2.05, 4.69) is 31.2 Å². The van der Waals surface area contributed by atoms with Crippen molar-refractivity contribution in [1.29, 1.82) is 0 Å².